The van der Waals surface area contributed by atoms with Crippen LogP contribution in [-0.4, -0.2) is 37.8 Å². The van der Waals surface area contributed by atoms with E-state index in [1.165, 1.54) is 20.3 Å². The van der Waals surface area contributed by atoms with Gasteiger partial charge in [-0.2, -0.15) is 0 Å². The van der Waals surface area contributed by atoms with Crippen LogP contribution in [0.5, 0.6) is 17.2 Å². The Balaban J connectivity index is 2.15. The molecule has 0 radical (unpaired) electrons. The number of methoxy groups -OCH3 is 2. The third-order valence-electron chi connectivity index (χ3n) is 4.02. The second-order valence-corrected chi connectivity index (χ2v) is 6.56. The predicted octanol–water partition coefficient (Wildman–Crippen LogP) is 3.59. The topological polar surface area (TPSA) is 94.1 Å². The van der Waals surface area contributed by atoms with Crippen molar-refractivity contribution in [1.82, 2.24) is 5.32 Å². The number of carboxylic acid groups (broad SMARTS) is 1. The molecule has 2 N–H and O–H groups in total. The molecule has 0 heterocycles. The number of ether oxygens (including phenoxy) is 3. The van der Waals surface area contributed by atoms with Gasteiger partial charge >= 0.3 is 5.97 Å². The summed E-state index contributed by atoms with van der Waals surface area (Å²) in [4.78, 5) is 23.8. The number of hydrogen-bond donors (Lipinski definition) is 2. The number of carboxylic acids is 1. The number of rotatable bonds is 8. The third-order valence-corrected chi connectivity index (χ3v) is 4.62. The first-order valence-electron chi connectivity index (χ1n) is 8.61. The zero-order chi connectivity index (χ0) is 21.6. The summed E-state index contributed by atoms with van der Waals surface area (Å²) in [6.07, 6.45) is 1.29. The maximum absolute atomic E-state index is 12.2. The quantitative estimate of drug-likeness (QED) is 0.635. The molecule has 0 aliphatic carbocycles. The SMILES string of the molecule is COc1ccc(OC)c(/C=C(/NC(=O)COc2cc(C)c(Cl)c(C)c2)C(=O)O)c1. The van der Waals surface area contributed by atoms with E-state index in [2.05, 4.69) is 5.32 Å². The van der Waals surface area contributed by atoms with Gasteiger partial charge in [0.1, 0.15) is 22.9 Å². The lowest BCUT2D eigenvalue weighted by Crippen LogP contribution is -2.31. The van der Waals surface area contributed by atoms with E-state index in [4.69, 9.17) is 25.8 Å². The van der Waals surface area contributed by atoms with Crippen molar-refractivity contribution in [1.29, 1.82) is 0 Å². The molecule has 7 nitrogen and oxygen atoms in total. The number of benzene rings is 2. The van der Waals surface area contributed by atoms with Crippen LogP contribution in [0.2, 0.25) is 5.02 Å². The van der Waals surface area contributed by atoms with Crippen LogP contribution in [-0.2, 0) is 9.59 Å². The van der Waals surface area contributed by atoms with Crippen molar-refractivity contribution in [2.45, 2.75) is 13.8 Å². The van der Waals surface area contributed by atoms with Crippen molar-refractivity contribution >= 4 is 29.6 Å². The normalized spacial score (nSPS) is 11.0. The highest BCUT2D eigenvalue weighted by Crippen LogP contribution is 2.27. The smallest absolute Gasteiger partial charge is 0.352 e. The van der Waals surface area contributed by atoms with Gasteiger partial charge in [-0.25, -0.2) is 4.79 Å². The lowest BCUT2D eigenvalue weighted by atomic mass is 10.1. The number of nitrogens with one attached hydrogen (secondary N) is 1. The number of carbonyl (C=O) groups is 2. The Kier molecular flexibility index (Phi) is 7.50. The minimum atomic E-state index is -1.30. The Morgan fingerprint density at radius 2 is 1.72 bits per heavy atom. The summed E-state index contributed by atoms with van der Waals surface area (Å²) in [5, 5.41) is 12.4. The zero-order valence-corrected chi connectivity index (χ0v) is 17.3. The molecule has 0 aliphatic rings. The number of aryl methyl sites for hydroxylation is 2. The second-order valence-electron chi connectivity index (χ2n) is 6.18. The van der Waals surface area contributed by atoms with Crippen LogP contribution in [0.1, 0.15) is 16.7 Å². The van der Waals surface area contributed by atoms with Crippen LogP contribution in [0.15, 0.2) is 36.0 Å². The average Bonchev–Trinajstić information content (AvgIpc) is 2.69. The first kappa shape index (κ1) is 22.1. The maximum Gasteiger partial charge on any atom is 0.352 e. The van der Waals surface area contributed by atoms with Gasteiger partial charge in [-0.15, -0.1) is 0 Å². The van der Waals surface area contributed by atoms with E-state index in [0.717, 1.165) is 11.1 Å². The van der Waals surface area contributed by atoms with Gasteiger partial charge in [-0.1, -0.05) is 11.6 Å². The maximum atomic E-state index is 12.2. The lowest BCUT2D eigenvalue weighted by molar-refractivity contribution is -0.134. The molecular weight excluding hydrogens is 398 g/mol. The highest BCUT2D eigenvalue weighted by molar-refractivity contribution is 6.32. The summed E-state index contributed by atoms with van der Waals surface area (Å²) in [5.41, 5.74) is 1.75. The molecule has 2 rings (SSSR count). The van der Waals surface area contributed by atoms with Crippen molar-refractivity contribution in [2.75, 3.05) is 20.8 Å². The molecule has 154 valence electrons. The number of aliphatic carboxylic acids is 1. The Morgan fingerprint density at radius 3 is 2.28 bits per heavy atom. The van der Waals surface area contributed by atoms with E-state index in [-0.39, 0.29) is 12.3 Å². The minimum absolute atomic E-state index is 0.325. The van der Waals surface area contributed by atoms with Gasteiger partial charge in [0.2, 0.25) is 0 Å². The van der Waals surface area contributed by atoms with Crippen molar-refractivity contribution in [3.63, 3.8) is 0 Å². The van der Waals surface area contributed by atoms with E-state index in [9.17, 15) is 14.7 Å². The van der Waals surface area contributed by atoms with Gasteiger partial charge in [0, 0.05) is 10.6 Å². The molecule has 2 aromatic carbocycles. The van der Waals surface area contributed by atoms with Crippen LogP contribution in [0, 0.1) is 13.8 Å². The highest BCUT2D eigenvalue weighted by atomic mass is 35.5. The Morgan fingerprint density at radius 1 is 1.07 bits per heavy atom. The van der Waals surface area contributed by atoms with Gasteiger partial charge < -0.3 is 24.6 Å². The Labute approximate surface area is 173 Å². The molecule has 0 unspecified atom stereocenters. The third kappa shape index (κ3) is 5.89. The summed E-state index contributed by atoms with van der Waals surface area (Å²) >= 11 is 6.11. The van der Waals surface area contributed by atoms with Crippen molar-refractivity contribution in [3.05, 3.63) is 57.7 Å². The Hall–Kier alpha value is -3.19. The monoisotopic (exact) mass is 419 g/mol. The molecule has 0 aliphatic heterocycles. The average molecular weight is 420 g/mol. The molecule has 0 saturated carbocycles. The van der Waals surface area contributed by atoms with E-state index < -0.39 is 11.9 Å². The molecule has 1 amide bonds. The molecule has 0 aromatic heterocycles. The van der Waals surface area contributed by atoms with E-state index >= 15 is 0 Å². The molecule has 8 heteroatoms. The van der Waals surface area contributed by atoms with Gasteiger partial charge in [-0.05, 0) is 61.4 Å². The first-order valence-corrected chi connectivity index (χ1v) is 8.99. The summed E-state index contributed by atoms with van der Waals surface area (Å²) < 4.78 is 15.8. The minimum Gasteiger partial charge on any atom is -0.497 e. The largest absolute Gasteiger partial charge is 0.497 e. The van der Waals surface area contributed by atoms with Crippen LogP contribution in [0.3, 0.4) is 0 Å². The molecule has 2 aromatic rings. The first-order chi connectivity index (χ1) is 13.7. The van der Waals surface area contributed by atoms with Crippen molar-refractivity contribution in [2.24, 2.45) is 0 Å². The van der Waals surface area contributed by atoms with Crippen LogP contribution < -0.4 is 19.5 Å². The number of amides is 1. The van der Waals surface area contributed by atoms with Gasteiger partial charge in [0.15, 0.2) is 6.61 Å². The molecule has 0 atom stereocenters. The standard InChI is InChI=1S/C21H22ClNO6/c1-12-7-16(8-13(2)20(12)22)29-11-19(24)23-17(21(25)26)10-14-9-15(27-3)5-6-18(14)28-4/h5-10H,11H2,1-4H3,(H,23,24)(H,25,26)/b17-10+. The molecule has 0 spiro atoms. The lowest BCUT2D eigenvalue weighted by Gasteiger charge is -2.12. The van der Waals surface area contributed by atoms with Crippen LogP contribution in [0.25, 0.3) is 6.08 Å². The summed E-state index contributed by atoms with van der Waals surface area (Å²) in [6.45, 7) is 3.30. The molecular formula is C21H22ClNO6. The number of halogens is 1. The molecule has 0 fully saturated rings. The fraction of sp³-hybridized carbons (Fsp3) is 0.238. The fourth-order valence-corrected chi connectivity index (χ4v) is 2.69. The number of carbonyl (C=O) groups excluding carboxylic acids is 1. The van der Waals surface area contributed by atoms with Gasteiger partial charge in [0.25, 0.3) is 5.91 Å². The summed E-state index contributed by atoms with van der Waals surface area (Å²) in [5.74, 6) is -0.505. The van der Waals surface area contributed by atoms with Gasteiger partial charge in [-0.3, -0.25) is 4.79 Å². The molecule has 0 saturated heterocycles. The molecule has 29 heavy (non-hydrogen) atoms. The van der Waals surface area contributed by atoms with Gasteiger partial charge in [0.05, 0.1) is 14.2 Å². The Bertz CT molecular complexity index is 931. The summed E-state index contributed by atoms with van der Waals surface area (Å²) in [6, 6.07) is 8.33. The van der Waals surface area contributed by atoms with E-state index in [1.807, 2.05) is 13.8 Å². The van der Waals surface area contributed by atoms with Crippen LogP contribution in [0.4, 0.5) is 0 Å². The highest BCUT2D eigenvalue weighted by Gasteiger charge is 2.15. The van der Waals surface area contributed by atoms with E-state index in [0.29, 0.717) is 27.8 Å². The fourth-order valence-electron chi connectivity index (χ4n) is 2.58. The van der Waals surface area contributed by atoms with E-state index in [1.54, 1.807) is 30.3 Å². The number of hydrogen-bond acceptors (Lipinski definition) is 5. The second kappa shape index (κ2) is 9.84. The van der Waals surface area contributed by atoms with Crippen molar-refractivity contribution < 1.29 is 28.9 Å². The zero-order valence-electron chi connectivity index (χ0n) is 16.5. The predicted molar refractivity (Wildman–Crippen MR) is 110 cm³/mol. The summed E-state index contributed by atoms with van der Waals surface area (Å²) in [7, 11) is 2.95. The molecule has 0 bridgehead atoms. The van der Waals surface area contributed by atoms with Crippen LogP contribution >= 0.6 is 11.6 Å². The van der Waals surface area contributed by atoms with Crippen molar-refractivity contribution in [3.8, 4) is 17.2 Å².